The molecule has 0 aromatic heterocycles. The second kappa shape index (κ2) is 23.8. The van der Waals surface area contributed by atoms with E-state index in [1.165, 1.54) is 38.5 Å². The third-order valence-corrected chi connectivity index (χ3v) is 8.86. The van der Waals surface area contributed by atoms with Gasteiger partial charge in [-0.1, -0.05) is 120 Å². The predicted octanol–water partition coefficient (Wildman–Crippen LogP) is 10.2. The number of ether oxygens (including phenoxy) is 2. The largest absolute Gasteiger partial charge is 0.493 e. The third-order valence-electron chi connectivity index (χ3n) is 8.41. The van der Waals surface area contributed by atoms with Crippen molar-refractivity contribution >= 4 is 21.6 Å². The number of halogens is 1. The van der Waals surface area contributed by atoms with E-state index in [4.69, 9.17) is 21.1 Å². The van der Waals surface area contributed by atoms with Crippen molar-refractivity contribution in [1.29, 1.82) is 0 Å². The molecule has 4 N–H and O–H groups in total. The van der Waals surface area contributed by atoms with Crippen molar-refractivity contribution in [2.24, 2.45) is 17.7 Å². The first-order chi connectivity index (χ1) is 23.3. The predicted molar refractivity (Wildman–Crippen MR) is 208 cm³/mol. The Morgan fingerprint density at radius 3 is 1.35 bits per heavy atom. The zero-order valence-corrected chi connectivity index (χ0v) is 31.8. The van der Waals surface area contributed by atoms with Gasteiger partial charge in [0.1, 0.15) is 11.5 Å². The summed E-state index contributed by atoms with van der Waals surface area (Å²) in [6, 6.07) is 19.8. The molecule has 0 aliphatic rings. The summed E-state index contributed by atoms with van der Waals surface area (Å²) in [5, 5.41) is 1.75. The number of nitrogens with two attached hydrogens (primary N) is 2. The molecule has 48 heavy (non-hydrogen) atoms. The highest BCUT2D eigenvalue weighted by molar-refractivity contribution is 9.10. The molecule has 0 aliphatic carbocycles. The Hall–Kier alpha value is -3.42. The number of rotatable bonds is 16. The number of hydrogen-bond donors (Lipinski definition) is 2. The van der Waals surface area contributed by atoms with Crippen LogP contribution in [0.4, 0.5) is 5.69 Å². The van der Waals surface area contributed by atoms with Crippen LogP contribution in [0.5, 0.6) is 11.5 Å². The van der Waals surface area contributed by atoms with Gasteiger partial charge in [-0.05, 0) is 85.3 Å². The van der Waals surface area contributed by atoms with Crippen LogP contribution in [0.3, 0.4) is 0 Å². The number of anilines is 1. The average Bonchev–Trinajstić information content (AvgIpc) is 3.12. The van der Waals surface area contributed by atoms with Crippen molar-refractivity contribution in [3.8, 4) is 35.2 Å². The van der Waals surface area contributed by atoms with E-state index in [0.29, 0.717) is 17.5 Å². The van der Waals surface area contributed by atoms with Crippen LogP contribution in [0.2, 0.25) is 0 Å². The highest BCUT2D eigenvalue weighted by atomic mass is 79.9. The van der Waals surface area contributed by atoms with Gasteiger partial charge >= 0.3 is 0 Å². The molecule has 260 valence electrons. The number of nitrogen functional groups attached to an aromatic ring is 1. The molecule has 2 unspecified atom stereocenters. The molecule has 0 spiro atoms. The van der Waals surface area contributed by atoms with E-state index in [-0.39, 0.29) is 0 Å². The lowest BCUT2D eigenvalue weighted by atomic mass is 10.0. The molecule has 6 heteroatoms. The maximum absolute atomic E-state index is 6.49. The van der Waals surface area contributed by atoms with Crippen molar-refractivity contribution in [3.63, 3.8) is 0 Å². The van der Waals surface area contributed by atoms with Gasteiger partial charge in [-0.2, -0.15) is 0 Å². The zero-order chi connectivity index (χ0) is 35.1. The molecule has 0 saturated carbocycles. The average molecular weight is 717 g/mol. The summed E-state index contributed by atoms with van der Waals surface area (Å²) < 4.78 is 13.0. The summed E-state index contributed by atoms with van der Waals surface area (Å²) >= 11 is 3.60. The molecule has 3 aromatic carbocycles. The lowest BCUT2D eigenvalue weighted by Crippen LogP contribution is -2.29. The molecule has 0 radical (unpaired) electrons. The smallest absolute Gasteiger partial charge is 0.119 e. The SMILES string of the molecule is CCCCC(CC)COc1ccc(C#Cc2cc(Br)cc(C#Cc3ccc(OCC(CC)CCCC)cc3)c2N)cc1.CCN(N)CC. The fourth-order valence-electron chi connectivity index (χ4n) is 4.82. The number of hydrazine groups is 1. The summed E-state index contributed by atoms with van der Waals surface area (Å²) in [6.45, 7) is 16.4. The summed E-state index contributed by atoms with van der Waals surface area (Å²) in [7, 11) is 0. The van der Waals surface area contributed by atoms with Crippen LogP contribution in [0.1, 0.15) is 115 Å². The van der Waals surface area contributed by atoms with Crippen LogP contribution in [0.25, 0.3) is 0 Å². The van der Waals surface area contributed by atoms with Gasteiger partial charge in [0.05, 0.1) is 30.0 Å². The topological polar surface area (TPSA) is 73.7 Å². The molecular formula is C42H58BrN3O2. The Kier molecular flexibility index (Phi) is 20.2. The Bertz CT molecular complexity index is 1340. The summed E-state index contributed by atoms with van der Waals surface area (Å²) in [5.74, 6) is 21.2. The molecule has 3 aromatic rings. The van der Waals surface area contributed by atoms with Crippen molar-refractivity contribution in [3.05, 3.63) is 87.4 Å². The maximum atomic E-state index is 6.49. The van der Waals surface area contributed by atoms with Gasteiger partial charge < -0.3 is 15.2 Å². The summed E-state index contributed by atoms with van der Waals surface area (Å²) in [5.41, 5.74) is 10.4. The lowest BCUT2D eigenvalue weighted by molar-refractivity contribution is 0.233. The molecule has 0 saturated heterocycles. The summed E-state index contributed by atoms with van der Waals surface area (Å²) in [4.78, 5) is 0. The first-order valence-corrected chi connectivity index (χ1v) is 18.6. The first kappa shape index (κ1) is 40.8. The van der Waals surface area contributed by atoms with E-state index in [9.17, 15) is 0 Å². The van der Waals surface area contributed by atoms with Crippen LogP contribution in [0.15, 0.2) is 65.1 Å². The quantitative estimate of drug-likeness (QED) is 0.0668. The van der Waals surface area contributed by atoms with Crippen molar-refractivity contribution in [2.45, 2.75) is 92.9 Å². The fraction of sp³-hybridized carbons (Fsp3) is 0.476. The van der Waals surface area contributed by atoms with Crippen molar-refractivity contribution < 1.29 is 9.47 Å². The molecule has 5 nitrogen and oxygen atoms in total. The maximum Gasteiger partial charge on any atom is 0.119 e. The van der Waals surface area contributed by atoms with Crippen LogP contribution < -0.4 is 21.1 Å². The Balaban J connectivity index is 0.00000122. The molecule has 2 atom stereocenters. The standard InChI is InChI=1S/C38H46BrNO2.C4H12N2/c1-5-9-11-29(7-3)27-41-36-21-15-31(16-22-36)13-19-33-25-35(39)26-34(38(33)40)20-14-32-17-23-37(24-18-32)42-28-30(8-4)12-10-6-2;1-3-6(5)4-2/h15-18,21-26,29-30H,5-12,27-28,40H2,1-4H3;3-5H2,1-2H3. The molecular weight excluding hydrogens is 658 g/mol. The second-order valence-electron chi connectivity index (χ2n) is 12.1. The van der Waals surface area contributed by atoms with Gasteiger partial charge in [0, 0.05) is 28.7 Å². The third kappa shape index (κ3) is 15.7. The number of hydrogen-bond acceptors (Lipinski definition) is 5. The zero-order valence-electron chi connectivity index (χ0n) is 30.2. The summed E-state index contributed by atoms with van der Waals surface area (Å²) in [6.07, 6.45) is 9.68. The molecule has 0 fully saturated rings. The highest BCUT2D eigenvalue weighted by Crippen LogP contribution is 2.24. The van der Waals surface area contributed by atoms with E-state index < -0.39 is 0 Å². The van der Waals surface area contributed by atoms with Gasteiger partial charge in [0.15, 0.2) is 0 Å². The van der Waals surface area contributed by atoms with Gasteiger partial charge in [0.25, 0.3) is 0 Å². The minimum absolute atomic E-state index is 0.577. The Labute approximate surface area is 300 Å². The van der Waals surface area contributed by atoms with E-state index >= 15 is 0 Å². The molecule has 3 rings (SSSR count). The van der Waals surface area contributed by atoms with Crippen molar-refractivity contribution in [1.82, 2.24) is 5.01 Å². The van der Waals surface area contributed by atoms with Crippen molar-refractivity contribution in [2.75, 3.05) is 32.0 Å². The molecule has 0 aliphatic heterocycles. The Morgan fingerprint density at radius 1 is 0.646 bits per heavy atom. The minimum Gasteiger partial charge on any atom is -0.493 e. The number of benzene rings is 3. The monoisotopic (exact) mass is 715 g/mol. The normalized spacial score (nSPS) is 11.7. The lowest BCUT2D eigenvalue weighted by Gasteiger charge is -2.15. The second-order valence-corrected chi connectivity index (χ2v) is 13.1. The van der Waals surface area contributed by atoms with Crippen LogP contribution in [-0.4, -0.2) is 31.3 Å². The van der Waals surface area contributed by atoms with E-state index in [2.05, 4.69) is 67.3 Å². The van der Waals surface area contributed by atoms with Crippen LogP contribution in [0, 0.1) is 35.5 Å². The van der Waals surface area contributed by atoms with Gasteiger partial charge in [-0.3, -0.25) is 5.84 Å². The van der Waals surface area contributed by atoms with Gasteiger partial charge in [-0.15, -0.1) is 0 Å². The van der Waals surface area contributed by atoms with Crippen LogP contribution >= 0.6 is 15.9 Å². The van der Waals surface area contributed by atoms with E-state index in [1.807, 2.05) is 74.5 Å². The van der Waals surface area contributed by atoms with E-state index in [1.54, 1.807) is 5.01 Å². The van der Waals surface area contributed by atoms with Crippen LogP contribution in [-0.2, 0) is 0 Å². The highest BCUT2D eigenvalue weighted by Gasteiger charge is 2.08. The number of unbranched alkanes of at least 4 members (excludes halogenated alkanes) is 2. The Morgan fingerprint density at radius 2 is 1.04 bits per heavy atom. The fourth-order valence-corrected chi connectivity index (χ4v) is 5.28. The number of nitrogens with zero attached hydrogens (tertiary/aromatic N) is 1. The van der Waals surface area contributed by atoms with E-state index in [0.717, 1.165) is 77.4 Å². The van der Waals surface area contributed by atoms with Gasteiger partial charge in [-0.25, -0.2) is 5.01 Å². The molecule has 0 bridgehead atoms. The van der Waals surface area contributed by atoms with Gasteiger partial charge in [0.2, 0.25) is 0 Å². The molecule has 0 heterocycles. The first-order valence-electron chi connectivity index (χ1n) is 17.8. The minimum atomic E-state index is 0.577. The molecule has 0 amide bonds.